The van der Waals surface area contributed by atoms with Gasteiger partial charge in [-0.1, -0.05) is 121 Å². The lowest BCUT2D eigenvalue weighted by Gasteiger charge is -2.37. The number of carboxylic acids is 1. The number of imidazole rings is 1. The number of hydrogen-bond acceptors (Lipinski definition) is 10. The van der Waals surface area contributed by atoms with Crippen LogP contribution in [0.5, 0.6) is 11.6 Å². The van der Waals surface area contributed by atoms with Crippen molar-refractivity contribution in [3.05, 3.63) is 168 Å². The van der Waals surface area contributed by atoms with Gasteiger partial charge in [0.2, 0.25) is 17.7 Å². The quantitative estimate of drug-likeness (QED) is 0.0843. The van der Waals surface area contributed by atoms with Crippen molar-refractivity contribution < 1.29 is 34.1 Å². The van der Waals surface area contributed by atoms with Gasteiger partial charge in [0.1, 0.15) is 31.0 Å². The lowest BCUT2D eigenvalue weighted by molar-refractivity contribution is -0.144. The fraction of sp³-hybridized carbons (Fsp3) is 0.174. The number of aliphatic carboxylic acids is 1. The predicted octanol–water partition coefficient (Wildman–Crippen LogP) is 6.40. The summed E-state index contributed by atoms with van der Waals surface area (Å²) >= 11 is 0. The molecule has 14 nitrogen and oxygen atoms in total. The molecule has 7 aromatic rings. The average Bonchev–Trinajstić information content (AvgIpc) is 3.83. The number of nitrogens with one attached hydrogen (secondary N) is 2. The van der Waals surface area contributed by atoms with E-state index in [2.05, 4.69) is 20.6 Å². The molecule has 8 rings (SSSR count). The first-order valence-electron chi connectivity index (χ1n) is 19.3. The van der Waals surface area contributed by atoms with Crippen molar-refractivity contribution in [2.24, 2.45) is 0 Å². The van der Waals surface area contributed by atoms with Gasteiger partial charge >= 0.3 is 12.1 Å². The van der Waals surface area contributed by atoms with Crippen LogP contribution in [0.15, 0.2) is 140 Å². The summed E-state index contributed by atoms with van der Waals surface area (Å²) < 4.78 is 12.5. The first kappa shape index (κ1) is 39.1. The fourth-order valence-electron chi connectivity index (χ4n) is 7.85. The molecule has 4 N–H and O–H groups in total. The Morgan fingerprint density at radius 3 is 1.97 bits per heavy atom. The van der Waals surface area contributed by atoms with Crippen LogP contribution in [0.2, 0.25) is 0 Å². The van der Waals surface area contributed by atoms with Crippen LogP contribution in [-0.2, 0) is 26.4 Å². The highest BCUT2D eigenvalue weighted by atomic mass is 16.5. The van der Waals surface area contributed by atoms with Crippen molar-refractivity contribution >= 4 is 35.1 Å². The molecule has 302 valence electrons. The van der Waals surface area contributed by atoms with Crippen molar-refractivity contribution in [3.8, 4) is 22.8 Å². The highest BCUT2D eigenvalue weighted by Crippen LogP contribution is 2.45. The molecular weight excluding hydrogens is 763 g/mol. The normalized spacial score (nSPS) is 12.0. The Labute approximate surface area is 345 Å². The SMILES string of the molecule is COc1ccc(C(Nc2nc(O)c3ncn(CC(=O)N(CCNC(=O)OCC4c5ccccc5-c5ccccc54)CC(=O)O)c3n2)(c2ccccc2)c2ccccc2)cc1. The number of amides is 2. The molecule has 0 spiro atoms. The minimum absolute atomic E-state index is 0.0346. The summed E-state index contributed by atoms with van der Waals surface area (Å²) in [4.78, 5) is 53.0. The lowest BCUT2D eigenvalue weighted by atomic mass is 9.77. The number of benzene rings is 5. The summed E-state index contributed by atoms with van der Waals surface area (Å²) in [6, 6.07) is 43.1. The van der Waals surface area contributed by atoms with E-state index in [1.54, 1.807) is 7.11 Å². The number of methoxy groups -OCH3 is 1. The molecule has 2 amide bonds. The molecule has 5 aromatic carbocycles. The van der Waals surface area contributed by atoms with Gasteiger partial charge in [0.25, 0.3) is 0 Å². The number of carboxylic acid groups (broad SMARTS) is 1. The van der Waals surface area contributed by atoms with Crippen LogP contribution in [0.1, 0.15) is 33.7 Å². The first-order chi connectivity index (χ1) is 29.2. The second kappa shape index (κ2) is 17.0. The molecule has 0 bridgehead atoms. The van der Waals surface area contributed by atoms with Crippen molar-refractivity contribution in [2.75, 3.05) is 38.7 Å². The third-order valence-electron chi connectivity index (χ3n) is 10.7. The van der Waals surface area contributed by atoms with Gasteiger partial charge in [-0.05, 0) is 51.1 Å². The monoisotopic (exact) mass is 803 g/mol. The molecule has 0 radical (unpaired) electrons. The van der Waals surface area contributed by atoms with Gasteiger partial charge in [-0.3, -0.25) is 9.59 Å². The van der Waals surface area contributed by atoms with Crippen LogP contribution in [-0.4, -0.2) is 86.0 Å². The molecule has 0 unspecified atom stereocenters. The van der Waals surface area contributed by atoms with E-state index in [4.69, 9.17) is 14.5 Å². The smallest absolute Gasteiger partial charge is 0.407 e. The first-order valence-corrected chi connectivity index (χ1v) is 19.3. The standard InChI is InChI=1S/C46H41N7O7/c1-59-33-22-20-32(21-23-33)46(30-12-4-2-5-13-30,31-14-6-3-7-15-31)51-44-49-42-41(43(57)50-44)48-29-53(42)26-39(54)52(27-40(55)56)25-24-47-45(58)60-28-38-36-18-10-8-16-34(36)35-17-9-11-19-37(35)38/h2-23,29,38H,24-28H2,1H3,(H,47,58)(H,55,56)(H2,49,50,51,57). The minimum atomic E-state index is -1.23. The van der Waals surface area contributed by atoms with Crippen LogP contribution < -0.4 is 15.4 Å². The van der Waals surface area contributed by atoms with E-state index in [1.807, 2.05) is 133 Å². The maximum atomic E-state index is 13.7. The maximum absolute atomic E-state index is 13.7. The fourth-order valence-corrected chi connectivity index (χ4v) is 7.85. The molecule has 0 saturated carbocycles. The minimum Gasteiger partial charge on any atom is -0.497 e. The second-order valence-corrected chi connectivity index (χ2v) is 14.2. The second-order valence-electron chi connectivity index (χ2n) is 14.2. The number of hydrogen-bond donors (Lipinski definition) is 4. The molecule has 0 saturated heterocycles. The summed E-state index contributed by atoms with van der Waals surface area (Å²) in [6.45, 7) is -1.07. The molecular formula is C46H41N7O7. The van der Waals surface area contributed by atoms with Crippen molar-refractivity contribution in [3.63, 3.8) is 0 Å². The number of carbonyl (C=O) groups excluding carboxylic acids is 2. The summed E-state index contributed by atoms with van der Waals surface area (Å²) in [5, 5.41) is 27.0. The molecule has 0 fully saturated rings. The number of alkyl carbamates (subject to hydrolysis) is 1. The van der Waals surface area contributed by atoms with Gasteiger partial charge in [0, 0.05) is 19.0 Å². The molecule has 2 aromatic heterocycles. The lowest BCUT2D eigenvalue weighted by Crippen LogP contribution is -2.42. The Kier molecular flexibility index (Phi) is 11.1. The Bertz CT molecular complexity index is 2570. The number of nitrogens with zero attached hydrogens (tertiary/aromatic N) is 5. The Morgan fingerprint density at radius 1 is 0.783 bits per heavy atom. The highest BCUT2D eigenvalue weighted by molar-refractivity contribution is 5.84. The average molecular weight is 804 g/mol. The van der Waals surface area contributed by atoms with E-state index in [0.29, 0.717) is 5.75 Å². The number of fused-ring (bicyclic) bond motifs is 4. The summed E-state index contributed by atoms with van der Waals surface area (Å²) in [5.74, 6) is -1.67. The number of anilines is 1. The zero-order valence-electron chi connectivity index (χ0n) is 32.6. The van der Waals surface area contributed by atoms with Crippen LogP contribution >= 0.6 is 0 Å². The van der Waals surface area contributed by atoms with Crippen LogP contribution in [0.4, 0.5) is 10.7 Å². The Hall–Kier alpha value is -7.74. The topological polar surface area (TPSA) is 181 Å². The van der Waals surface area contributed by atoms with E-state index >= 15 is 0 Å². The molecule has 0 atom stereocenters. The van der Waals surface area contributed by atoms with Gasteiger partial charge in [-0.25, -0.2) is 9.78 Å². The van der Waals surface area contributed by atoms with Gasteiger partial charge < -0.3 is 39.8 Å². The summed E-state index contributed by atoms with van der Waals surface area (Å²) in [6.07, 6.45) is 0.642. The highest BCUT2D eigenvalue weighted by Gasteiger charge is 2.38. The molecule has 0 aliphatic heterocycles. The van der Waals surface area contributed by atoms with E-state index < -0.39 is 35.9 Å². The number of aromatic hydroxyl groups is 1. The molecule has 1 aliphatic rings. The van der Waals surface area contributed by atoms with Gasteiger partial charge in [0.05, 0.1) is 13.4 Å². The summed E-state index contributed by atoms with van der Waals surface area (Å²) in [7, 11) is 1.60. The molecule has 14 heteroatoms. The molecule has 2 heterocycles. The number of carbonyl (C=O) groups is 3. The van der Waals surface area contributed by atoms with E-state index in [-0.39, 0.29) is 49.3 Å². The Balaban J connectivity index is 1.00. The van der Waals surface area contributed by atoms with Gasteiger partial charge in [-0.2, -0.15) is 9.97 Å². The molecule has 60 heavy (non-hydrogen) atoms. The van der Waals surface area contributed by atoms with Crippen LogP contribution in [0.25, 0.3) is 22.3 Å². The van der Waals surface area contributed by atoms with E-state index in [9.17, 15) is 24.6 Å². The Morgan fingerprint density at radius 2 is 1.37 bits per heavy atom. The predicted molar refractivity (Wildman–Crippen MR) is 224 cm³/mol. The zero-order valence-corrected chi connectivity index (χ0v) is 32.6. The van der Waals surface area contributed by atoms with Crippen molar-refractivity contribution in [2.45, 2.75) is 18.0 Å². The number of aromatic nitrogens is 4. The van der Waals surface area contributed by atoms with Crippen molar-refractivity contribution in [1.29, 1.82) is 0 Å². The molecule has 1 aliphatic carbocycles. The van der Waals surface area contributed by atoms with Crippen LogP contribution in [0, 0.1) is 0 Å². The number of ether oxygens (including phenoxy) is 2. The van der Waals surface area contributed by atoms with Gasteiger partial charge in [-0.15, -0.1) is 0 Å². The zero-order chi connectivity index (χ0) is 41.6. The summed E-state index contributed by atoms with van der Waals surface area (Å²) in [5.41, 5.74) is 5.98. The van der Waals surface area contributed by atoms with E-state index in [1.165, 1.54) is 10.9 Å². The maximum Gasteiger partial charge on any atom is 0.407 e. The third-order valence-corrected chi connectivity index (χ3v) is 10.7. The van der Waals surface area contributed by atoms with E-state index in [0.717, 1.165) is 43.8 Å². The van der Waals surface area contributed by atoms with Gasteiger partial charge in [0.15, 0.2) is 11.2 Å². The van der Waals surface area contributed by atoms with Crippen LogP contribution in [0.3, 0.4) is 0 Å². The largest absolute Gasteiger partial charge is 0.497 e. The van der Waals surface area contributed by atoms with Crippen molar-refractivity contribution in [1.82, 2.24) is 29.7 Å². The third kappa shape index (κ3) is 7.77. The number of rotatable bonds is 15.